The summed E-state index contributed by atoms with van der Waals surface area (Å²) in [5.74, 6) is -3.48. The maximum Gasteiger partial charge on any atom is 0.397 e. The SMILES string of the molecule is O=S(=O)(O)OCCS(=O)(=O)c1ccc(N=Nc2c(S(=O)(=O)O)cc3cc(S(=O)(=O)O)cc(Nc4nc(Nc5cccc(S(=O)(=O)O)c5)nc(Nc5cccc(S(=O)(=O)O)c5)n4)c3c2O)cc1. The van der Waals surface area contributed by atoms with E-state index in [1.54, 1.807) is 0 Å². The third-order valence-corrected chi connectivity index (χ3v) is 14.0. The van der Waals surface area contributed by atoms with Crippen LogP contribution in [0, 0.1) is 0 Å². The van der Waals surface area contributed by atoms with Crippen molar-refractivity contribution >= 4 is 118 Å². The number of phenolic OH excluding ortho intramolecular Hbond substituents is 1. The molecule has 0 aliphatic carbocycles. The monoisotopic (exact) mass is 1030 g/mol. The second-order valence-corrected chi connectivity index (χ2v) is 21.9. The lowest BCUT2D eigenvalue weighted by Crippen LogP contribution is -2.15. The first-order chi connectivity index (χ1) is 30.5. The van der Waals surface area contributed by atoms with E-state index in [1.165, 1.54) is 24.3 Å². The number of phenols is 1. The molecule has 0 aliphatic rings. The highest BCUT2D eigenvalue weighted by Gasteiger charge is 2.26. The van der Waals surface area contributed by atoms with Gasteiger partial charge in [-0.25, -0.2) is 12.6 Å². The standard InChI is InChI=1S/C33H28N8O19S6/c42-30-28-18(14-27(65(54,55)56)29(30)41-40-19-7-9-22(10-8-19)61(43,44)12-11-60-66(57,58)59)13-25(64(51,52)53)17-26(28)36-33-38-31(34-20-3-1-5-23(15-20)62(45,46)47)37-32(39-33)35-21-4-2-6-24(16-21)63(48,49)50/h1-10,13-17,42H,11-12H2,(H,45,46,47)(H,48,49,50)(H,51,52,53)(H,54,55,56)(H,57,58,59)(H3,34,35,36,37,38,39). The topological polar surface area (TPSA) is 435 Å². The molecule has 0 atom stereocenters. The van der Waals surface area contributed by atoms with Gasteiger partial charge in [0.05, 0.1) is 43.3 Å². The van der Waals surface area contributed by atoms with Gasteiger partial charge in [0.1, 0.15) is 10.6 Å². The average molecular weight is 1030 g/mol. The summed E-state index contributed by atoms with van der Waals surface area (Å²) in [5.41, 5.74) is -1.81. The Bertz CT molecular complexity index is 3560. The summed E-state index contributed by atoms with van der Waals surface area (Å²) in [4.78, 5) is 8.87. The summed E-state index contributed by atoms with van der Waals surface area (Å²) >= 11 is 0. The molecule has 1 aromatic heterocycles. The molecule has 0 aliphatic heterocycles. The molecule has 6 aromatic rings. The number of benzene rings is 5. The van der Waals surface area contributed by atoms with Crippen LogP contribution in [0.1, 0.15) is 0 Å². The van der Waals surface area contributed by atoms with Crippen molar-refractivity contribution in [3.63, 3.8) is 0 Å². The minimum atomic E-state index is -5.37. The van der Waals surface area contributed by atoms with Gasteiger partial charge in [-0.1, -0.05) is 12.1 Å². The molecule has 66 heavy (non-hydrogen) atoms. The maximum atomic E-state index is 12.6. The number of nitrogens with zero attached hydrogens (tertiary/aromatic N) is 5. The van der Waals surface area contributed by atoms with Gasteiger partial charge in [0.2, 0.25) is 17.8 Å². The average Bonchev–Trinajstić information content (AvgIpc) is 3.18. The van der Waals surface area contributed by atoms with Crippen molar-refractivity contribution in [2.24, 2.45) is 10.2 Å². The van der Waals surface area contributed by atoms with E-state index < -0.39 is 138 Å². The summed E-state index contributed by atoms with van der Waals surface area (Å²) in [6, 6.07) is 15.3. The molecule has 0 spiro atoms. The summed E-state index contributed by atoms with van der Waals surface area (Å²) in [6.45, 7) is -0.934. The predicted molar refractivity (Wildman–Crippen MR) is 228 cm³/mol. The molecule has 0 saturated heterocycles. The number of rotatable bonds is 17. The first-order valence-electron chi connectivity index (χ1n) is 17.3. The van der Waals surface area contributed by atoms with Crippen LogP contribution in [0.5, 0.6) is 5.75 Å². The van der Waals surface area contributed by atoms with Gasteiger partial charge in [-0.2, -0.15) is 62.2 Å². The quantitative estimate of drug-likeness (QED) is 0.0461. The van der Waals surface area contributed by atoms with E-state index in [-0.39, 0.29) is 22.0 Å². The van der Waals surface area contributed by atoms with Gasteiger partial charge < -0.3 is 21.1 Å². The number of anilines is 6. The number of fused-ring (bicyclic) bond motifs is 1. The van der Waals surface area contributed by atoms with Crippen LogP contribution in [0.3, 0.4) is 0 Å². The molecule has 5 aromatic carbocycles. The van der Waals surface area contributed by atoms with Crippen molar-refractivity contribution in [2.45, 2.75) is 24.5 Å². The minimum Gasteiger partial charge on any atom is -0.505 e. The Morgan fingerprint density at radius 1 is 0.530 bits per heavy atom. The van der Waals surface area contributed by atoms with Crippen molar-refractivity contribution < 1.29 is 82.6 Å². The van der Waals surface area contributed by atoms with Crippen LogP contribution >= 0.6 is 0 Å². The lowest BCUT2D eigenvalue weighted by Gasteiger charge is -2.16. The van der Waals surface area contributed by atoms with E-state index in [0.29, 0.717) is 12.1 Å². The Labute approximate surface area is 373 Å². The molecule has 0 bridgehead atoms. The Morgan fingerprint density at radius 3 is 1.50 bits per heavy atom. The lowest BCUT2D eigenvalue weighted by molar-refractivity contribution is 0.284. The third kappa shape index (κ3) is 12.3. The van der Waals surface area contributed by atoms with Crippen LogP contribution in [-0.4, -0.2) is 106 Å². The van der Waals surface area contributed by atoms with Crippen LogP contribution in [0.15, 0.2) is 126 Å². The van der Waals surface area contributed by atoms with E-state index in [1.807, 2.05) is 0 Å². The molecule has 33 heteroatoms. The number of hydrogen-bond acceptors (Lipinski definition) is 22. The van der Waals surface area contributed by atoms with E-state index in [0.717, 1.165) is 54.6 Å². The number of nitrogens with one attached hydrogen (secondary N) is 3. The molecular formula is C33H28N8O19S6. The Balaban J connectivity index is 1.48. The van der Waals surface area contributed by atoms with Crippen molar-refractivity contribution in [1.82, 2.24) is 15.0 Å². The van der Waals surface area contributed by atoms with Crippen LogP contribution in [-0.2, 0) is 64.9 Å². The van der Waals surface area contributed by atoms with E-state index in [2.05, 4.69) is 45.3 Å². The normalized spacial score (nSPS) is 12.9. The zero-order chi connectivity index (χ0) is 48.6. The molecule has 0 fully saturated rings. The van der Waals surface area contributed by atoms with Crippen LogP contribution < -0.4 is 16.0 Å². The van der Waals surface area contributed by atoms with Crippen molar-refractivity contribution in [1.29, 1.82) is 0 Å². The molecule has 6 rings (SSSR count). The van der Waals surface area contributed by atoms with Crippen LogP contribution in [0.4, 0.5) is 46.3 Å². The number of hydrogen-bond donors (Lipinski definition) is 9. The summed E-state index contributed by atoms with van der Waals surface area (Å²) < 4.78 is 196. The molecule has 9 N–H and O–H groups in total. The van der Waals surface area contributed by atoms with Gasteiger partial charge in [0.15, 0.2) is 15.6 Å². The van der Waals surface area contributed by atoms with E-state index in [4.69, 9.17) is 4.55 Å². The highest BCUT2D eigenvalue weighted by molar-refractivity contribution is 7.91. The van der Waals surface area contributed by atoms with Gasteiger partial charge in [-0.3, -0.25) is 22.8 Å². The van der Waals surface area contributed by atoms with Gasteiger partial charge in [-0.15, -0.1) is 5.11 Å². The molecule has 27 nitrogen and oxygen atoms in total. The van der Waals surface area contributed by atoms with Crippen LogP contribution in [0.25, 0.3) is 10.8 Å². The molecule has 0 radical (unpaired) electrons. The number of sulfone groups is 1. The second-order valence-electron chi connectivity index (χ2n) is 13.0. The molecule has 0 amide bonds. The Kier molecular flexibility index (Phi) is 13.5. The molecule has 0 unspecified atom stereocenters. The summed E-state index contributed by atoms with van der Waals surface area (Å²) in [5, 5.41) is 26.1. The van der Waals surface area contributed by atoms with Gasteiger partial charge in [0.25, 0.3) is 40.5 Å². The fourth-order valence-corrected chi connectivity index (χ4v) is 9.33. The second kappa shape index (κ2) is 18.1. The highest BCUT2D eigenvalue weighted by atomic mass is 32.3. The highest BCUT2D eigenvalue weighted by Crippen LogP contribution is 2.46. The lowest BCUT2D eigenvalue weighted by atomic mass is 10.1. The fraction of sp³-hybridized carbons (Fsp3) is 0.0606. The maximum absolute atomic E-state index is 12.6. The molecule has 350 valence electrons. The largest absolute Gasteiger partial charge is 0.505 e. The smallest absolute Gasteiger partial charge is 0.397 e. The number of azo groups is 1. The van der Waals surface area contributed by atoms with Crippen molar-refractivity contribution in [2.75, 3.05) is 28.3 Å². The van der Waals surface area contributed by atoms with Crippen molar-refractivity contribution in [3.05, 3.63) is 91.0 Å². The first-order valence-corrected chi connectivity index (χ1v) is 26.1. The first kappa shape index (κ1) is 49.1. The zero-order valence-corrected chi connectivity index (χ0v) is 37.1. The molecule has 0 saturated carbocycles. The number of aromatic hydroxyl groups is 1. The Hall–Kier alpha value is -6.37. The molecule has 1 heterocycles. The van der Waals surface area contributed by atoms with Crippen LogP contribution in [0.2, 0.25) is 0 Å². The summed E-state index contributed by atoms with van der Waals surface area (Å²) in [7, 11) is -29.1. The van der Waals surface area contributed by atoms with Gasteiger partial charge in [-0.05, 0) is 84.2 Å². The van der Waals surface area contributed by atoms with E-state index in [9.17, 15) is 73.8 Å². The minimum absolute atomic E-state index is 0.0488. The zero-order valence-electron chi connectivity index (χ0n) is 32.3. The third-order valence-electron chi connectivity index (χ3n) is 8.40. The summed E-state index contributed by atoms with van der Waals surface area (Å²) in [6.07, 6.45) is 0. The van der Waals surface area contributed by atoms with Gasteiger partial charge >= 0.3 is 10.4 Å². The fourth-order valence-electron chi connectivity index (χ4n) is 5.59. The van der Waals surface area contributed by atoms with Gasteiger partial charge in [0, 0.05) is 16.8 Å². The predicted octanol–water partition coefficient (Wildman–Crippen LogP) is 3.96. The Morgan fingerprint density at radius 2 is 1.03 bits per heavy atom. The van der Waals surface area contributed by atoms with Crippen molar-refractivity contribution in [3.8, 4) is 5.75 Å². The molecular weight excluding hydrogens is 1000 g/mol. The van der Waals surface area contributed by atoms with E-state index >= 15 is 0 Å². The number of aromatic nitrogens is 3.